The van der Waals surface area contributed by atoms with E-state index in [4.69, 9.17) is 34.4 Å². The summed E-state index contributed by atoms with van der Waals surface area (Å²) in [6, 6.07) is 0. The molecule has 0 aliphatic heterocycles. The third kappa shape index (κ3) is 7.37. The standard InChI is InChI=1S/C20H36N6/c1-14(10-11-17-15(2)8-6-12-18(17,3)4)7-5-9-16(20(24,25)26)13-19(21,22)23/h5,7,9-11,13H,6,8,12,21-26H2,1-4H3/b9-5+,11-10+,14-7+,16-13-. The van der Waals surface area contributed by atoms with Gasteiger partial charge in [0.05, 0.1) is 0 Å². The summed E-state index contributed by atoms with van der Waals surface area (Å²) in [6.07, 6.45) is 14.7. The topological polar surface area (TPSA) is 156 Å². The minimum atomic E-state index is -1.58. The molecule has 1 aliphatic rings. The molecule has 0 saturated heterocycles. The highest BCUT2D eigenvalue weighted by atomic mass is 15.1. The Labute approximate surface area is 157 Å². The number of rotatable bonds is 6. The van der Waals surface area contributed by atoms with Crippen LogP contribution in [0.2, 0.25) is 0 Å². The van der Waals surface area contributed by atoms with Gasteiger partial charge in [0.25, 0.3) is 0 Å². The Morgan fingerprint density at radius 3 is 2.15 bits per heavy atom. The van der Waals surface area contributed by atoms with Gasteiger partial charge in [0.15, 0.2) is 0 Å². The van der Waals surface area contributed by atoms with Crippen LogP contribution in [0.25, 0.3) is 0 Å². The molecule has 0 aromatic rings. The largest absolute Gasteiger partial charge is 0.298 e. The highest BCUT2D eigenvalue weighted by Gasteiger charge is 2.26. The molecule has 0 heterocycles. The monoisotopic (exact) mass is 360 g/mol. The highest BCUT2D eigenvalue weighted by Crippen LogP contribution is 2.40. The smallest absolute Gasteiger partial charge is 0.142 e. The van der Waals surface area contributed by atoms with E-state index in [1.807, 2.05) is 13.0 Å². The van der Waals surface area contributed by atoms with Crippen molar-refractivity contribution in [1.82, 2.24) is 0 Å². The fraction of sp³-hybridized carbons (Fsp3) is 0.500. The molecule has 0 saturated carbocycles. The van der Waals surface area contributed by atoms with Crippen LogP contribution in [-0.2, 0) is 0 Å². The minimum absolute atomic E-state index is 0.218. The van der Waals surface area contributed by atoms with Crippen LogP contribution in [-0.4, -0.2) is 11.6 Å². The average molecular weight is 361 g/mol. The zero-order valence-corrected chi connectivity index (χ0v) is 16.5. The quantitative estimate of drug-likeness (QED) is 0.312. The summed E-state index contributed by atoms with van der Waals surface area (Å²) in [6.45, 7) is 8.84. The van der Waals surface area contributed by atoms with Crippen LogP contribution < -0.4 is 34.4 Å². The van der Waals surface area contributed by atoms with Crippen LogP contribution in [0.3, 0.4) is 0 Å². The molecule has 0 radical (unpaired) electrons. The molecule has 0 atom stereocenters. The first-order valence-corrected chi connectivity index (χ1v) is 8.92. The SMILES string of the molecule is CC1=C(/C=C/C(C)=C/C=C/C(=C/C(N)(N)N)C(N)(N)N)C(C)(C)CCC1. The van der Waals surface area contributed by atoms with Crippen LogP contribution in [0.5, 0.6) is 0 Å². The van der Waals surface area contributed by atoms with Crippen LogP contribution in [0, 0.1) is 5.41 Å². The van der Waals surface area contributed by atoms with E-state index < -0.39 is 11.6 Å². The molecule has 26 heavy (non-hydrogen) atoms. The molecule has 6 nitrogen and oxygen atoms in total. The fourth-order valence-electron chi connectivity index (χ4n) is 3.17. The second kappa shape index (κ2) is 8.43. The van der Waals surface area contributed by atoms with E-state index in [2.05, 4.69) is 32.9 Å². The zero-order chi connectivity index (χ0) is 20.2. The maximum atomic E-state index is 5.73. The maximum Gasteiger partial charge on any atom is 0.142 e. The molecule has 0 aromatic carbocycles. The number of nitrogens with two attached hydrogens (primary N) is 6. The molecular weight excluding hydrogens is 324 g/mol. The van der Waals surface area contributed by atoms with Gasteiger partial charge in [-0.05, 0) is 50.2 Å². The van der Waals surface area contributed by atoms with Crippen molar-refractivity contribution in [3.8, 4) is 0 Å². The first-order chi connectivity index (χ1) is 11.7. The number of hydrogen-bond donors (Lipinski definition) is 6. The molecule has 0 unspecified atom stereocenters. The summed E-state index contributed by atoms with van der Waals surface area (Å²) in [4.78, 5) is 0. The lowest BCUT2D eigenvalue weighted by molar-refractivity contribution is 0.377. The Bertz CT molecular complexity index is 649. The number of allylic oxidation sites excluding steroid dienone is 7. The van der Waals surface area contributed by atoms with Gasteiger partial charge in [-0.2, -0.15) is 0 Å². The van der Waals surface area contributed by atoms with Crippen LogP contribution in [0.15, 0.2) is 58.7 Å². The third-order valence-corrected chi connectivity index (χ3v) is 4.60. The summed E-state index contributed by atoms with van der Waals surface area (Å²) in [5.74, 6) is -3.12. The first kappa shape index (κ1) is 22.5. The Hall–Kier alpha value is -1.54. The lowest BCUT2D eigenvalue weighted by Crippen LogP contribution is -2.62. The van der Waals surface area contributed by atoms with Gasteiger partial charge in [-0.1, -0.05) is 55.4 Å². The number of hydrogen-bond acceptors (Lipinski definition) is 6. The summed E-state index contributed by atoms with van der Waals surface area (Å²) in [5.41, 5.74) is 38.5. The Balaban J connectivity index is 2.97. The van der Waals surface area contributed by atoms with Gasteiger partial charge in [0, 0.05) is 5.57 Å². The van der Waals surface area contributed by atoms with E-state index in [0.29, 0.717) is 5.57 Å². The van der Waals surface area contributed by atoms with Gasteiger partial charge in [-0.25, -0.2) is 0 Å². The van der Waals surface area contributed by atoms with Crippen LogP contribution in [0.1, 0.15) is 47.0 Å². The fourth-order valence-corrected chi connectivity index (χ4v) is 3.17. The van der Waals surface area contributed by atoms with Crippen LogP contribution >= 0.6 is 0 Å². The molecule has 0 fully saturated rings. The second-order valence-corrected chi connectivity index (χ2v) is 8.07. The van der Waals surface area contributed by atoms with Crippen molar-refractivity contribution in [1.29, 1.82) is 0 Å². The van der Waals surface area contributed by atoms with Crippen molar-refractivity contribution in [3.05, 3.63) is 58.7 Å². The average Bonchev–Trinajstić information content (AvgIpc) is 2.42. The van der Waals surface area contributed by atoms with Crippen molar-refractivity contribution in [2.75, 3.05) is 0 Å². The third-order valence-electron chi connectivity index (χ3n) is 4.60. The Morgan fingerprint density at radius 2 is 1.65 bits per heavy atom. The van der Waals surface area contributed by atoms with Gasteiger partial charge < -0.3 is 0 Å². The molecule has 1 aliphatic carbocycles. The summed E-state index contributed by atoms with van der Waals surface area (Å²) >= 11 is 0. The van der Waals surface area contributed by atoms with Gasteiger partial charge in [0.2, 0.25) is 0 Å². The second-order valence-electron chi connectivity index (χ2n) is 8.07. The van der Waals surface area contributed by atoms with E-state index >= 15 is 0 Å². The van der Waals surface area contributed by atoms with Gasteiger partial charge in [-0.15, -0.1) is 0 Å². The lowest BCUT2D eigenvalue weighted by Gasteiger charge is -2.32. The molecule has 1 rings (SSSR count). The molecule has 0 bridgehead atoms. The van der Waals surface area contributed by atoms with E-state index in [0.717, 1.165) is 5.57 Å². The molecule has 12 N–H and O–H groups in total. The highest BCUT2D eigenvalue weighted by molar-refractivity contribution is 5.38. The Kier molecular flexibility index (Phi) is 7.30. The molecule has 6 heteroatoms. The summed E-state index contributed by atoms with van der Waals surface area (Å²) < 4.78 is 0. The molecule has 146 valence electrons. The maximum absolute atomic E-state index is 5.73. The van der Waals surface area contributed by atoms with Crippen molar-refractivity contribution >= 4 is 0 Å². The van der Waals surface area contributed by atoms with Gasteiger partial charge in [0.1, 0.15) is 11.6 Å². The van der Waals surface area contributed by atoms with E-state index in [1.54, 1.807) is 12.2 Å². The molecule has 0 spiro atoms. The molecular formula is C20H36N6. The molecule has 0 amide bonds. The first-order valence-electron chi connectivity index (χ1n) is 8.92. The van der Waals surface area contributed by atoms with E-state index in [9.17, 15) is 0 Å². The van der Waals surface area contributed by atoms with Crippen LogP contribution in [0.4, 0.5) is 0 Å². The van der Waals surface area contributed by atoms with Crippen molar-refractivity contribution in [2.24, 2.45) is 39.8 Å². The lowest BCUT2D eigenvalue weighted by atomic mass is 9.72. The summed E-state index contributed by atoms with van der Waals surface area (Å²) in [5, 5.41) is 0. The Morgan fingerprint density at radius 1 is 1.04 bits per heavy atom. The van der Waals surface area contributed by atoms with Crippen molar-refractivity contribution < 1.29 is 0 Å². The molecule has 0 aromatic heterocycles. The summed E-state index contributed by atoms with van der Waals surface area (Å²) in [7, 11) is 0. The predicted octanol–water partition coefficient (Wildman–Crippen LogP) is 1.56. The predicted molar refractivity (Wildman–Crippen MR) is 111 cm³/mol. The zero-order valence-electron chi connectivity index (χ0n) is 16.5. The van der Waals surface area contributed by atoms with Gasteiger partial charge in [-0.3, -0.25) is 34.4 Å². The van der Waals surface area contributed by atoms with Crippen molar-refractivity contribution in [3.63, 3.8) is 0 Å². The minimum Gasteiger partial charge on any atom is -0.298 e. The van der Waals surface area contributed by atoms with Crippen molar-refractivity contribution in [2.45, 2.75) is 58.5 Å². The normalized spacial score (nSPS) is 20.5. The van der Waals surface area contributed by atoms with E-state index in [-0.39, 0.29) is 5.41 Å². The van der Waals surface area contributed by atoms with E-state index in [1.165, 1.54) is 36.5 Å². The van der Waals surface area contributed by atoms with Gasteiger partial charge >= 0.3 is 0 Å².